The van der Waals surface area contributed by atoms with Crippen LogP contribution in [0.3, 0.4) is 0 Å². The van der Waals surface area contributed by atoms with Crippen molar-refractivity contribution in [3.05, 3.63) is 64.7 Å². The van der Waals surface area contributed by atoms with E-state index in [1.54, 1.807) is 21.1 Å². The van der Waals surface area contributed by atoms with Crippen molar-refractivity contribution in [2.24, 2.45) is 0 Å². The van der Waals surface area contributed by atoms with Gasteiger partial charge in [-0.2, -0.15) is 0 Å². The maximum absolute atomic E-state index is 12.3. The first-order valence-corrected chi connectivity index (χ1v) is 7.61. The second-order valence-electron chi connectivity index (χ2n) is 5.73. The van der Waals surface area contributed by atoms with Crippen molar-refractivity contribution >= 4 is 11.4 Å². The highest BCUT2D eigenvalue weighted by atomic mass is 16.5. The van der Waals surface area contributed by atoms with Gasteiger partial charge in [0, 0.05) is 11.5 Å². The first-order valence-electron chi connectivity index (χ1n) is 7.61. The van der Waals surface area contributed by atoms with Gasteiger partial charge in [0.15, 0.2) is 17.3 Å². The number of methoxy groups -OCH3 is 2. The summed E-state index contributed by atoms with van der Waals surface area (Å²) in [4.78, 5) is 12.3. The van der Waals surface area contributed by atoms with Gasteiger partial charge in [0.05, 0.1) is 14.2 Å². The lowest BCUT2D eigenvalue weighted by atomic mass is 9.86. The Balaban J connectivity index is 2.27. The number of allylic oxidation sites excluding steroid dienone is 2. The molecule has 0 spiro atoms. The minimum atomic E-state index is -0.0523. The fraction of sp³-hybridized carbons (Fsp3) is 0.250. The second-order valence-corrected chi connectivity index (χ2v) is 5.73. The molecule has 0 heterocycles. The van der Waals surface area contributed by atoms with Crippen LogP contribution in [-0.4, -0.2) is 20.0 Å². The van der Waals surface area contributed by atoms with E-state index in [0.29, 0.717) is 11.5 Å². The number of ketones is 1. The lowest BCUT2D eigenvalue weighted by molar-refractivity contribution is -0.113. The van der Waals surface area contributed by atoms with Crippen molar-refractivity contribution in [1.29, 1.82) is 0 Å². The Hall–Kier alpha value is -2.55. The smallest absolute Gasteiger partial charge is 0.161 e. The normalized spacial score (nSPS) is 16.3. The zero-order valence-corrected chi connectivity index (χ0v) is 13.8. The number of rotatable bonds is 4. The number of benzene rings is 2. The molecule has 0 aromatic heterocycles. The van der Waals surface area contributed by atoms with Crippen LogP contribution in [0, 0.1) is 0 Å². The molecule has 3 nitrogen and oxygen atoms in total. The Labute approximate surface area is 136 Å². The first kappa shape index (κ1) is 15.3. The number of hydrogen-bond acceptors (Lipinski definition) is 3. The molecule has 1 aliphatic rings. The van der Waals surface area contributed by atoms with Gasteiger partial charge in [-0.1, -0.05) is 30.3 Å². The highest BCUT2D eigenvalue weighted by Gasteiger charge is 2.34. The summed E-state index contributed by atoms with van der Waals surface area (Å²) in [5.74, 6) is 1.42. The van der Waals surface area contributed by atoms with Crippen LogP contribution in [0.15, 0.2) is 48.0 Å². The van der Waals surface area contributed by atoms with Crippen LogP contribution in [0.5, 0.6) is 11.5 Å². The van der Waals surface area contributed by atoms with E-state index in [4.69, 9.17) is 9.47 Å². The number of Topliss-reactive ketones (excluding diaryl/α,β-unsaturated/α-hetero) is 1. The second kappa shape index (κ2) is 5.92. The topological polar surface area (TPSA) is 35.5 Å². The van der Waals surface area contributed by atoms with E-state index in [1.807, 2.05) is 37.3 Å². The third kappa shape index (κ3) is 2.42. The lowest BCUT2D eigenvalue weighted by Gasteiger charge is -2.17. The lowest BCUT2D eigenvalue weighted by Crippen LogP contribution is -2.08. The maximum Gasteiger partial charge on any atom is 0.161 e. The van der Waals surface area contributed by atoms with E-state index in [1.165, 1.54) is 0 Å². The third-order valence-electron chi connectivity index (χ3n) is 4.48. The average Bonchev–Trinajstić information content (AvgIpc) is 2.86. The monoisotopic (exact) mass is 308 g/mol. The van der Waals surface area contributed by atoms with E-state index in [2.05, 4.69) is 12.1 Å². The largest absolute Gasteiger partial charge is 0.493 e. The molecule has 1 atom stereocenters. The van der Waals surface area contributed by atoms with Crippen molar-refractivity contribution in [2.75, 3.05) is 14.2 Å². The Morgan fingerprint density at radius 3 is 2.17 bits per heavy atom. The van der Waals surface area contributed by atoms with Gasteiger partial charge in [0.1, 0.15) is 0 Å². The summed E-state index contributed by atoms with van der Waals surface area (Å²) in [7, 11) is 3.25. The molecule has 0 radical (unpaired) electrons. The summed E-state index contributed by atoms with van der Waals surface area (Å²) in [6.45, 7) is 3.64. The van der Waals surface area contributed by atoms with E-state index < -0.39 is 0 Å². The summed E-state index contributed by atoms with van der Waals surface area (Å²) in [5, 5.41) is 0. The van der Waals surface area contributed by atoms with Gasteiger partial charge >= 0.3 is 0 Å². The molecule has 118 valence electrons. The van der Waals surface area contributed by atoms with Crippen molar-refractivity contribution < 1.29 is 14.3 Å². The Morgan fingerprint density at radius 2 is 1.61 bits per heavy atom. The van der Waals surface area contributed by atoms with Gasteiger partial charge in [0.2, 0.25) is 0 Å². The van der Waals surface area contributed by atoms with Crippen molar-refractivity contribution in [2.45, 2.75) is 19.8 Å². The Kier molecular flexibility index (Phi) is 3.95. The number of fused-ring (bicyclic) bond motifs is 1. The van der Waals surface area contributed by atoms with Crippen LogP contribution in [0.1, 0.15) is 36.5 Å². The minimum Gasteiger partial charge on any atom is -0.493 e. The van der Waals surface area contributed by atoms with Crippen LogP contribution in [-0.2, 0) is 4.79 Å². The zero-order chi connectivity index (χ0) is 16.6. The number of ether oxygens (including phenoxy) is 2. The maximum atomic E-state index is 12.3. The minimum absolute atomic E-state index is 0.0523. The molecule has 0 saturated carbocycles. The standard InChI is InChI=1S/C20H20O3/c1-12-15-10-17(22-3)18(23-4)11-16(15)20(19(12)13(2)21)14-8-6-5-7-9-14/h5-11,20H,1-4H3. The van der Waals surface area contributed by atoms with Crippen molar-refractivity contribution in [3.8, 4) is 11.5 Å². The van der Waals surface area contributed by atoms with E-state index in [-0.39, 0.29) is 11.7 Å². The van der Waals surface area contributed by atoms with Crippen LogP contribution in [0.2, 0.25) is 0 Å². The number of hydrogen-bond donors (Lipinski definition) is 0. The summed E-state index contributed by atoms with van der Waals surface area (Å²) in [6.07, 6.45) is 0. The average molecular weight is 308 g/mol. The fourth-order valence-electron chi connectivity index (χ4n) is 3.43. The molecule has 2 aromatic rings. The first-order chi connectivity index (χ1) is 11.1. The molecule has 0 N–H and O–H groups in total. The summed E-state index contributed by atoms with van der Waals surface area (Å²) >= 11 is 0. The van der Waals surface area contributed by atoms with Gasteiger partial charge in [0.25, 0.3) is 0 Å². The summed E-state index contributed by atoms with van der Waals surface area (Å²) < 4.78 is 10.9. The molecule has 3 rings (SSSR count). The van der Waals surface area contributed by atoms with Gasteiger partial charge in [-0.05, 0) is 48.2 Å². The van der Waals surface area contributed by atoms with Gasteiger partial charge in [-0.25, -0.2) is 0 Å². The molecule has 0 aliphatic heterocycles. The molecule has 2 aromatic carbocycles. The fourth-order valence-corrected chi connectivity index (χ4v) is 3.43. The molecular formula is C20H20O3. The molecule has 1 aliphatic carbocycles. The zero-order valence-electron chi connectivity index (χ0n) is 13.8. The van der Waals surface area contributed by atoms with E-state index >= 15 is 0 Å². The summed E-state index contributed by atoms with van der Waals surface area (Å²) in [5.41, 5.74) is 5.13. The van der Waals surface area contributed by atoms with Crippen LogP contribution >= 0.6 is 0 Å². The molecule has 23 heavy (non-hydrogen) atoms. The van der Waals surface area contributed by atoms with Gasteiger partial charge in [-0.15, -0.1) is 0 Å². The van der Waals surface area contributed by atoms with Gasteiger partial charge < -0.3 is 9.47 Å². The Morgan fingerprint density at radius 1 is 1.00 bits per heavy atom. The molecule has 0 saturated heterocycles. The van der Waals surface area contributed by atoms with Crippen LogP contribution < -0.4 is 9.47 Å². The highest BCUT2D eigenvalue weighted by molar-refractivity contribution is 6.06. The molecule has 0 bridgehead atoms. The molecular weight excluding hydrogens is 288 g/mol. The quantitative estimate of drug-likeness (QED) is 0.848. The van der Waals surface area contributed by atoms with E-state index in [9.17, 15) is 4.79 Å². The molecule has 0 fully saturated rings. The number of carbonyl (C=O) groups is 1. The van der Waals surface area contributed by atoms with Crippen LogP contribution in [0.4, 0.5) is 0 Å². The predicted octanol–water partition coefficient (Wildman–Crippen LogP) is 4.21. The third-order valence-corrected chi connectivity index (χ3v) is 4.48. The molecule has 0 amide bonds. The van der Waals surface area contributed by atoms with Crippen LogP contribution in [0.25, 0.3) is 5.57 Å². The van der Waals surface area contributed by atoms with E-state index in [0.717, 1.165) is 27.8 Å². The Bertz CT molecular complexity index is 788. The molecule has 1 unspecified atom stereocenters. The van der Waals surface area contributed by atoms with Crippen molar-refractivity contribution in [1.82, 2.24) is 0 Å². The number of carbonyl (C=O) groups excluding carboxylic acids is 1. The predicted molar refractivity (Wildman–Crippen MR) is 91.1 cm³/mol. The van der Waals surface area contributed by atoms with Gasteiger partial charge in [-0.3, -0.25) is 4.79 Å². The SMILES string of the molecule is COc1cc2c(cc1OC)C(c1ccccc1)C(C(C)=O)=C2C. The summed E-state index contributed by atoms with van der Waals surface area (Å²) in [6, 6.07) is 14.1. The highest BCUT2D eigenvalue weighted by Crippen LogP contribution is 2.49. The molecule has 3 heteroatoms. The van der Waals surface area contributed by atoms with Crippen molar-refractivity contribution in [3.63, 3.8) is 0 Å².